The van der Waals surface area contributed by atoms with E-state index in [1.54, 1.807) is 30.5 Å². The van der Waals surface area contributed by atoms with Crippen LogP contribution in [0.1, 0.15) is 6.42 Å². The zero-order valence-corrected chi connectivity index (χ0v) is 13.6. The molecule has 0 saturated heterocycles. The number of aromatic nitrogens is 3. The highest BCUT2D eigenvalue weighted by Crippen LogP contribution is 2.24. The molecule has 0 saturated carbocycles. The number of aliphatic hydroxyl groups is 1. The van der Waals surface area contributed by atoms with Crippen molar-refractivity contribution in [3.63, 3.8) is 0 Å². The standard InChI is InChI=1S/C18H19N5O2/c24-10-4-9-20-18-22-16(15-7-1-2-8-19-15)12-17(23-18)21-13-5-3-6-14(25)11-13/h1-3,5-8,11-12,24-25H,4,9-10H2,(H2,20,21,22,23). The maximum absolute atomic E-state index is 9.60. The molecule has 0 aliphatic rings. The predicted octanol–water partition coefficient (Wildman–Crippen LogP) is 2.78. The van der Waals surface area contributed by atoms with Gasteiger partial charge in [-0.05, 0) is 30.7 Å². The van der Waals surface area contributed by atoms with Crippen molar-refractivity contribution in [1.29, 1.82) is 0 Å². The van der Waals surface area contributed by atoms with Gasteiger partial charge < -0.3 is 20.8 Å². The van der Waals surface area contributed by atoms with Gasteiger partial charge in [0.1, 0.15) is 11.6 Å². The smallest absolute Gasteiger partial charge is 0.225 e. The van der Waals surface area contributed by atoms with Crippen LogP contribution in [0.4, 0.5) is 17.5 Å². The van der Waals surface area contributed by atoms with E-state index < -0.39 is 0 Å². The fourth-order valence-corrected chi connectivity index (χ4v) is 2.25. The predicted molar refractivity (Wildman–Crippen MR) is 96.8 cm³/mol. The van der Waals surface area contributed by atoms with Gasteiger partial charge >= 0.3 is 0 Å². The van der Waals surface area contributed by atoms with Crippen molar-refractivity contribution >= 4 is 17.5 Å². The summed E-state index contributed by atoms with van der Waals surface area (Å²) in [6.07, 6.45) is 2.31. The summed E-state index contributed by atoms with van der Waals surface area (Å²) < 4.78 is 0. The van der Waals surface area contributed by atoms with Gasteiger partial charge in [-0.3, -0.25) is 4.98 Å². The molecular formula is C18H19N5O2. The molecule has 25 heavy (non-hydrogen) atoms. The van der Waals surface area contributed by atoms with Crippen LogP contribution < -0.4 is 10.6 Å². The van der Waals surface area contributed by atoms with Crippen LogP contribution in [0.3, 0.4) is 0 Å². The first-order valence-electron chi connectivity index (χ1n) is 7.96. The number of nitrogens with zero attached hydrogens (tertiary/aromatic N) is 3. The quantitative estimate of drug-likeness (QED) is 0.492. The number of nitrogens with one attached hydrogen (secondary N) is 2. The Morgan fingerprint density at radius 1 is 0.960 bits per heavy atom. The Labute approximate surface area is 145 Å². The molecule has 0 unspecified atom stereocenters. The molecular weight excluding hydrogens is 318 g/mol. The molecule has 2 heterocycles. The summed E-state index contributed by atoms with van der Waals surface area (Å²) in [5, 5.41) is 24.8. The zero-order chi connectivity index (χ0) is 17.5. The SMILES string of the molecule is OCCCNc1nc(Nc2cccc(O)c2)cc(-c2ccccn2)n1. The number of rotatable bonds is 7. The number of phenols is 1. The lowest BCUT2D eigenvalue weighted by atomic mass is 10.2. The fourth-order valence-electron chi connectivity index (χ4n) is 2.25. The Morgan fingerprint density at radius 3 is 2.64 bits per heavy atom. The second-order valence-electron chi connectivity index (χ2n) is 5.36. The van der Waals surface area contributed by atoms with Crippen molar-refractivity contribution < 1.29 is 10.2 Å². The number of anilines is 3. The third-order valence-corrected chi connectivity index (χ3v) is 3.39. The fraction of sp³-hybridized carbons (Fsp3) is 0.167. The molecule has 2 aromatic heterocycles. The monoisotopic (exact) mass is 337 g/mol. The number of hydrogen-bond acceptors (Lipinski definition) is 7. The molecule has 0 radical (unpaired) electrons. The molecule has 3 rings (SSSR count). The summed E-state index contributed by atoms with van der Waals surface area (Å²) in [7, 11) is 0. The molecule has 7 nitrogen and oxygen atoms in total. The van der Waals surface area contributed by atoms with Crippen LogP contribution in [0.2, 0.25) is 0 Å². The Bertz CT molecular complexity index is 827. The third-order valence-electron chi connectivity index (χ3n) is 3.39. The summed E-state index contributed by atoms with van der Waals surface area (Å²) >= 11 is 0. The van der Waals surface area contributed by atoms with Crippen LogP contribution in [0.25, 0.3) is 11.4 Å². The summed E-state index contributed by atoms with van der Waals surface area (Å²) in [5.74, 6) is 1.19. The van der Waals surface area contributed by atoms with Crippen LogP contribution >= 0.6 is 0 Å². The van der Waals surface area contributed by atoms with Crippen molar-refractivity contribution in [1.82, 2.24) is 15.0 Å². The van der Waals surface area contributed by atoms with E-state index in [2.05, 4.69) is 25.6 Å². The Kier molecular flexibility index (Phi) is 5.38. The number of pyridine rings is 1. The highest BCUT2D eigenvalue weighted by atomic mass is 16.3. The molecule has 0 fully saturated rings. The van der Waals surface area contributed by atoms with E-state index in [0.717, 1.165) is 5.69 Å². The zero-order valence-electron chi connectivity index (χ0n) is 13.6. The Morgan fingerprint density at radius 2 is 1.88 bits per heavy atom. The van der Waals surface area contributed by atoms with Gasteiger partial charge in [0.15, 0.2) is 0 Å². The highest BCUT2D eigenvalue weighted by molar-refractivity contribution is 5.65. The molecule has 1 aromatic carbocycles. The van der Waals surface area contributed by atoms with Gasteiger partial charge in [0, 0.05) is 37.2 Å². The summed E-state index contributed by atoms with van der Waals surface area (Å²) in [5.41, 5.74) is 2.12. The van der Waals surface area contributed by atoms with Crippen LogP contribution in [0.5, 0.6) is 5.75 Å². The minimum Gasteiger partial charge on any atom is -0.508 e. The van der Waals surface area contributed by atoms with Gasteiger partial charge in [-0.15, -0.1) is 0 Å². The van der Waals surface area contributed by atoms with E-state index in [9.17, 15) is 5.11 Å². The van der Waals surface area contributed by atoms with E-state index >= 15 is 0 Å². The first kappa shape index (κ1) is 16.7. The van der Waals surface area contributed by atoms with Gasteiger partial charge in [0.2, 0.25) is 5.95 Å². The van der Waals surface area contributed by atoms with E-state index in [1.807, 2.05) is 24.3 Å². The van der Waals surface area contributed by atoms with Crippen molar-refractivity contribution in [3.8, 4) is 17.1 Å². The van der Waals surface area contributed by atoms with Crippen molar-refractivity contribution in [3.05, 3.63) is 54.7 Å². The summed E-state index contributed by atoms with van der Waals surface area (Å²) in [6.45, 7) is 0.662. The van der Waals surface area contributed by atoms with E-state index in [4.69, 9.17) is 5.11 Å². The lowest BCUT2D eigenvalue weighted by Gasteiger charge is -2.11. The molecule has 0 amide bonds. The molecule has 0 atom stereocenters. The molecule has 4 N–H and O–H groups in total. The lowest BCUT2D eigenvalue weighted by Crippen LogP contribution is -2.09. The van der Waals surface area contributed by atoms with E-state index in [1.165, 1.54) is 0 Å². The Hall–Kier alpha value is -3.19. The molecule has 0 bridgehead atoms. The summed E-state index contributed by atoms with van der Waals surface area (Å²) in [6, 6.07) is 14.2. The van der Waals surface area contributed by atoms with Gasteiger partial charge in [-0.1, -0.05) is 12.1 Å². The second kappa shape index (κ2) is 8.07. The van der Waals surface area contributed by atoms with E-state index in [0.29, 0.717) is 36.1 Å². The van der Waals surface area contributed by atoms with Gasteiger partial charge in [0.05, 0.1) is 11.4 Å². The van der Waals surface area contributed by atoms with Gasteiger partial charge in [0.25, 0.3) is 0 Å². The van der Waals surface area contributed by atoms with E-state index in [-0.39, 0.29) is 12.4 Å². The maximum Gasteiger partial charge on any atom is 0.225 e. The molecule has 7 heteroatoms. The average molecular weight is 337 g/mol. The van der Waals surface area contributed by atoms with Gasteiger partial charge in [-0.2, -0.15) is 4.98 Å². The first-order valence-corrected chi connectivity index (χ1v) is 7.96. The van der Waals surface area contributed by atoms with Crippen molar-refractivity contribution in [2.45, 2.75) is 6.42 Å². The molecule has 0 aliphatic carbocycles. The highest BCUT2D eigenvalue weighted by Gasteiger charge is 2.08. The largest absolute Gasteiger partial charge is 0.508 e. The van der Waals surface area contributed by atoms with Crippen LogP contribution in [0, 0.1) is 0 Å². The minimum atomic E-state index is 0.0985. The normalized spacial score (nSPS) is 10.4. The molecule has 0 spiro atoms. The topological polar surface area (TPSA) is 103 Å². The number of benzene rings is 1. The second-order valence-corrected chi connectivity index (χ2v) is 5.36. The molecule has 128 valence electrons. The summed E-state index contributed by atoms with van der Waals surface area (Å²) in [4.78, 5) is 13.2. The van der Waals surface area contributed by atoms with Crippen LogP contribution in [-0.4, -0.2) is 38.3 Å². The van der Waals surface area contributed by atoms with Gasteiger partial charge in [-0.25, -0.2) is 4.98 Å². The van der Waals surface area contributed by atoms with Crippen LogP contribution in [-0.2, 0) is 0 Å². The average Bonchev–Trinajstić information content (AvgIpc) is 2.63. The number of aliphatic hydroxyl groups excluding tert-OH is 1. The van der Waals surface area contributed by atoms with Crippen molar-refractivity contribution in [2.75, 3.05) is 23.8 Å². The van der Waals surface area contributed by atoms with Crippen molar-refractivity contribution in [2.24, 2.45) is 0 Å². The molecule has 3 aromatic rings. The maximum atomic E-state index is 9.60. The third kappa shape index (κ3) is 4.65. The Balaban J connectivity index is 1.91. The minimum absolute atomic E-state index is 0.0985. The number of phenolic OH excluding ortho intramolecular Hbond substituents is 1. The first-order chi connectivity index (χ1) is 12.2. The van der Waals surface area contributed by atoms with Crippen LogP contribution in [0.15, 0.2) is 54.7 Å². The molecule has 0 aliphatic heterocycles. The number of aromatic hydroxyl groups is 1. The lowest BCUT2D eigenvalue weighted by molar-refractivity contribution is 0.292. The number of hydrogen-bond donors (Lipinski definition) is 4.